The van der Waals surface area contributed by atoms with Gasteiger partial charge in [-0.1, -0.05) is 26.0 Å². The summed E-state index contributed by atoms with van der Waals surface area (Å²) in [4.78, 5) is 21.5. The Bertz CT molecular complexity index is 383. The molecule has 0 aliphatic heterocycles. The molecule has 1 aromatic carbocycles. The molecule has 0 aliphatic carbocycles. The zero-order valence-electron chi connectivity index (χ0n) is 9.49. The number of amides is 2. The van der Waals surface area contributed by atoms with Crippen LogP contribution < -0.4 is 11.1 Å². The largest absolute Gasteiger partial charge is 0.361 e. The van der Waals surface area contributed by atoms with Gasteiger partial charge in [-0.05, 0) is 30.0 Å². The van der Waals surface area contributed by atoms with Gasteiger partial charge in [0.25, 0.3) is 0 Å². The van der Waals surface area contributed by atoms with Crippen molar-refractivity contribution >= 4 is 17.5 Å². The fraction of sp³-hybridized carbons (Fsp3) is 0.333. The number of carbonyl (C=O) groups is 2. The van der Waals surface area contributed by atoms with Gasteiger partial charge >= 0.3 is 11.8 Å². The zero-order valence-corrected chi connectivity index (χ0v) is 9.49. The van der Waals surface area contributed by atoms with Crippen LogP contribution in [0.4, 0.5) is 5.69 Å². The second-order valence-electron chi connectivity index (χ2n) is 4.11. The van der Waals surface area contributed by atoms with E-state index in [0.717, 1.165) is 6.42 Å². The van der Waals surface area contributed by atoms with Crippen molar-refractivity contribution in [2.75, 3.05) is 5.32 Å². The first kappa shape index (κ1) is 12.2. The smallest absolute Gasteiger partial charge is 0.313 e. The summed E-state index contributed by atoms with van der Waals surface area (Å²) in [5, 5.41) is 2.41. The first-order valence-electron chi connectivity index (χ1n) is 5.18. The lowest BCUT2D eigenvalue weighted by molar-refractivity contribution is -0.134. The minimum atomic E-state index is -0.980. The summed E-state index contributed by atoms with van der Waals surface area (Å²) in [7, 11) is 0. The minimum absolute atomic E-state index is 0.580. The molecule has 0 saturated carbocycles. The monoisotopic (exact) mass is 220 g/mol. The Labute approximate surface area is 94.8 Å². The summed E-state index contributed by atoms with van der Waals surface area (Å²) >= 11 is 0. The number of carbonyl (C=O) groups excluding carboxylic acids is 2. The molecular weight excluding hydrogens is 204 g/mol. The Morgan fingerprint density at radius 3 is 2.25 bits per heavy atom. The molecule has 0 radical (unpaired) electrons. The number of nitrogens with one attached hydrogen (secondary N) is 1. The molecule has 0 aliphatic rings. The zero-order chi connectivity index (χ0) is 12.1. The van der Waals surface area contributed by atoms with E-state index < -0.39 is 11.8 Å². The molecule has 2 amide bonds. The van der Waals surface area contributed by atoms with Gasteiger partial charge < -0.3 is 11.1 Å². The van der Waals surface area contributed by atoms with Gasteiger partial charge in [0.05, 0.1) is 0 Å². The topological polar surface area (TPSA) is 72.2 Å². The highest BCUT2D eigenvalue weighted by atomic mass is 16.2. The van der Waals surface area contributed by atoms with E-state index in [4.69, 9.17) is 5.73 Å². The summed E-state index contributed by atoms with van der Waals surface area (Å²) in [5.41, 5.74) is 6.61. The van der Waals surface area contributed by atoms with Gasteiger partial charge in [0, 0.05) is 5.69 Å². The Balaban J connectivity index is 2.64. The molecule has 86 valence electrons. The maximum absolute atomic E-state index is 11.0. The molecule has 0 heterocycles. The SMILES string of the molecule is CC(C)Cc1ccc(NC(=O)C(N)=O)cc1. The number of anilines is 1. The number of hydrogen-bond acceptors (Lipinski definition) is 2. The molecule has 0 bridgehead atoms. The molecule has 3 N–H and O–H groups in total. The number of benzene rings is 1. The van der Waals surface area contributed by atoms with Gasteiger partial charge in [0.15, 0.2) is 0 Å². The van der Waals surface area contributed by atoms with Crippen LogP contribution >= 0.6 is 0 Å². The molecule has 0 atom stereocenters. The van der Waals surface area contributed by atoms with Crippen LogP contribution in [0.25, 0.3) is 0 Å². The molecule has 4 heteroatoms. The molecule has 4 nitrogen and oxygen atoms in total. The summed E-state index contributed by atoms with van der Waals surface area (Å²) in [5.74, 6) is -1.19. The van der Waals surface area contributed by atoms with E-state index in [0.29, 0.717) is 11.6 Å². The molecule has 0 saturated heterocycles. The van der Waals surface area contributed by atoms with Crippen molar-refractivity contribution < 1.29 is 9.59 Å². The van der Waals surface area contributed by atoms with Crippen LogP contribution in [0.1, 0.15) is 19.4 Å². The standard InChI is InChI=1S/C12H16N2O2/c1-8(2)7-9-3-5-10(6-4-9)14-12(16)11(13)15/h3-6,8H,7H2,1-2H3,(H2,13,15)(H,14,16). The van der Waals surface area contributed by atoms with Gasteiger partial charge in [-0.15, -0.1) is 0 Å². The van der Waals surface area contributed by atoms with Crippen molar-refractivity contribution in [3.8, 4) is 0 Å². The van der Waals surface area contributed by atoms with E-state index >= 15 is 0 Å². The lowest BCUT2D eigenvalue weighted by Gasteiger charge is -2.06. The Morgan fingerprint density at radius 2 is 1.81 bits per heavy atom. The van der Waals surface area contributed by atoms with E-state index in [1.165, 1.54) is 5.56 Å². The number of nitrogens with two attached hydrogens (primary N) is 1. The highest BCUT2D eigenvalue weighted by Gasteiger charge is 2.08. The van der Waals surface area contributed by atoms with Crippen LogP contribution in [0.15, 0.2) is 24.3 Å². The number of rotatable bonds is 3. The Morgan fingerprint density at radius 1 is 1.25 bits per heavy atom. The average Bonchev–Trinajstić information content (AvgIpc) is 2.20. The summed E-state index contributed by atoms with van der Waals surface area (Å²) in [6.45, 7) is 4.28. The van der Waals surface area contributed by atoms with Crippen molar-refractivity contribution in [1.82, 2.24) is 0 Å². The maximum atomic E-state index is 11.0. The maximum Gasteiger partial charge on any atom is 0.313 e. The summed E-state index contributed by atoms with van der Waals surface area (Å²) in [6.07, 6.45) is 0.990. The molecule has 0 spiro atoms. The normalized spacial score (nSPS) is 10.2. The van der Waals surface area contributed by atoms with E-state index in [-0.39, 0.29) is 0 Å². The molecule has 0 fully saturated rings. The van der Waals surface area contributed by atoms with Crippen molar-refractivity contribution in [3.05, 3.63) is 29.8 Å². The third kappa shape index (κ3) is 3.73. The lowest BCUT2D eigenvalue weighted by Crippen LogP contribution is -2.29. The van der Waals surface area contributed by atoms with E-state index in [9.17, 15) is 9.59 Å². The van der Waals surface area contributed by atoms with E-state index in [2.05, 4.69) is 19.2 Å². The van der Waals surface area contributed by atoms with Gasteiger partial charge in [-0.3, -0.25) is 9.59 Å². The van der Waals surface area contributed by atoms with Crippen LogP contribution in [0.3, 0.4) is 0 Å². The molecular formula is C12H16N2O2. The van der Waals surface area contributed by atoms with Crippen molar-refractivity contribution in [3.63, 3.8) is 0 Å². The Hall–Kier alpha value is -1.84. The molecule has 1 aromatic rings. The van der Waals surface area contributed by atoms with Crippen LogP contribution in [0.2, 0.25) is 0 Å². The number of primary amides is 1. The first-order valence-corrected chi connectivity index (χ1v) is 5.18. The second kappa shape index (κ2) is 5.30. The van der Waals surface area contributed by atoms with Gasteiger partial charge in [-0.2, -0.15) is 0 Å². The summed E-state index contributed by atoms with van der Waals surface area (Å²) in [6, 6.07) is 7.38. The van der Waals surface area contributed by atoms with Gasteiger partial charge in [0.2, 0.25) is 0 Å². The second-order valence-corrected chi connectivity index (χ2v) is 4.11. The molecule has 0 aromatic heterocycles. The van der Waals surface area contributed by atoms with Crippen molar-refractivity contribution in [2.45, 2.75) is 20.3 Å². The predicted octanol–water partition coefficient (Wildman–Crippen LogP) is 1.31. The average molecular weight is 220 g/mol. The van der Waals surface area contributed by atoms with Crippen LogP contribution in [0.5, 0.6) is 0 Å². The third-order valence-corrected chi connectivity index (χ3v) is 2.08. The Kier molecular flexibility index (Phi) is 4.05. The van der Waals surface area contributed by atoms with Crippen molar-refractivity contribution in [2.24, 2.45) is 11.7 Å². The van der Waals surface area contributed by atoms with E-state index in [1.54, 1.807) is 12.1 Å². The first-order chi connectivity index (χ1) is 7.49. The lowest BCUT2D eigenvalue weighted by atomic mass is 10.0. The predicted molar refractivity (Wildman–Crippen MR) is 62.8 cm³/mol. The van der Waals surface area contributed by atoms with Gasteiger partial charge in [0.1, 0.15) is 0 Å². The fourth-order valence-electron chi connectivity index (χ4n) is 1.39. The van der Waals surface area contributed by atoms with E-state index in [1.807, 2.05) is 12.1 Å². The fourth-order valence-corrected chi connectivity index (χ4v) is 1.39. The quantitative estimate of drug-likeness (QED) is 0.754. The minimum Gasteiger partial charge on any atom is -0.361 e. The van der Waals surface area contributed by atoms with Crippen LogP contribution in [0, 0.1) is 5.92 Å². The van der Waals surface area contributed by atoms with Crippen LogP contribution in [-0.2, 0) is 16.0 Å². The molecule has 1 rings (SSSR count). The highest BCUT2D eigenvalue weighted by Crippen LogP contribution is 2.12. The molecule has 16 heavy (non-hydrogen) atoms. The van der Waals surface area contributed by atoms with Crippen molar-refractivity contribution in [1.29, 1.82) is 0 Å². The summed E-state index contributed by atoms with van der Waals surface area (Å²) < 4.78 is 0. The van der Waals surface area contributed by atoms with Crippen LogP contribution in [-0.4, -0.2) is 11.8 Å². The number of hydrogen-bond donors (Lipinski definition) is 2. The third-order valence-electron chi connectivity index (χ3n) is 2.08. The van der Waals surface area contributed by atoms with Gasteiger partial charge in [-0.25, -0.2) is 0 Å². The molecule has 0 unspecified atom stereocenters. The highest BCUT2D eigenvalue weighted by molar-refractivity contribution is 6.39.